The molecule has 0 bridgehead atoms. The highest BCUT2D eigenvalue weighted by Gasteiger charge is 2.35. The number of anilines is 2. The second kappa shape index (κ2) is 13.8. The van der Waals surface area contributed by atoms with Crippen LogP contribution in [0.4, 0.5) is 29.3 Å². The third-order valence-corrected chi connectivity index (χ3v) is 8.20. The van der Waals surface area contributed by atoms with Crippen LogP contribution in [0.5, 0.6) is 5.75 Å². The minimum atomic E-state index is -4.48. The van der Waals surface area contributed by atoms with Gasteiger partial charge in [0, 0.05) is 31.2 Å². The normalized spacial score (nSPS) is 20.8. The Morgan fingerprint density at radius 2 is 1.79 bits per heavy atom. The second-order valence-corrected chi connectivity index (χ2v) is 11.7. The number of nitrogens with zero attached hydrogens (tertiary/aromatic N) is 2. The maximum atomic E-state index is 13.7. The molecule has 0 unspecified atom stereocenters. The molecule has 230 valence electrons. The van der Waals surface area contributed by atoms with Gasteiger partial charge in [-0.15, -0.1) is 0 Å². The van der Waals surface area contributed by atoms with E-state index in [1.807, 2.05) is 6.92 Å². The molecule has 11 heteroatoms. The summed E-state index contributed by atoms with van der Waals surface area (Å²) < 4.78 is 45.3. The standard InChI is InChI=1S/C31H41F3N4O4/c1-20-16-38(21(2)19-39)29(40)25-10-7-11-26(36-30(41)35-24-14-12-23(13-15-24)31(32,33)34)28(25)42-27(20)18-37(3)17-22-8-5-4-6-9-22/h7,10-15,20-22,27,39H,4-6,8-9,16-19H2,1-3H3,(H2,35,36,41)/t20-,21+,27-/m1/s1. The first kappa shape index (κ1) is 31.6. The highest BCUT2D eigenvalue weighted by atomic mass is 19.4. The fourth-order valence-corrected chi connectivity index (χ4v) is 5.78. The summed E-state index contributed by atoms with van der Waals surface area (Å²) in [7, 11) is 2.07. The maximum Gasteiger partial charge on any atom is 0.416 e. The number of aliphatic hydroxyl groups excluding tert-OH is 1. The summed E-state index contributed by atoms with van der Waals surface area (Å²) >= 11 is 0. The van der Waals surface area contributed by atoms with Crippen LogP contribution in [0.15, 0.2) is 42.5 Å². The van der Waals surface area contributed by atoms with Crippen LogP contribution in [0, 0.1) is 11.8 Å². The van der Waals surface area contributed by atoms with Gasteiger partial charge in [-0.3, -0.25) is 4.79 Å². The van der Waals surface area contributed by atoms with Gasteiger partial charge in [0.15, 0.2) is 5.75 Å². The van der Waals surface area contributed by atoms with Gasteiger partial charge >= 0.3 is 12.2 Å². The first-order chi connectivity index (χ1) is 20.0. The SMILES string of the molecule is C[C@@H]1CN([C@@H](C)CO)C(=O)c2cccc(NC(=O)Nc3ccc(C(F)(F)F)cc3)c2O[C@@H]1CN(C)CC1CCCCC1. The van der Waals surface area contributed by atoms with Crippen molar-refractivity contribution in [2.24, 2.45) is 11.8 Å². The van der Waals surface area contributed by atoms with E-state index in [9.17, 15) is 27.9 Å². The zero-order valence-electron chi connectivity index (χ0n) is 24.4. The van der Waals surface area contributed by atoms with E-state index in [-0.39, 0.29) is 47.2 Å². The van der Waals surface area contributed by atoms with Gasteiger partial charge in [-0.1, -0.05) is 32.3 Å². The molecule has 4 rings (SSSR count). The summed E-state index contributed by atoms with van der Waals surface area (Å²) in [6, 6.07) is 7.89. The summed E-state index contributed by atoms with van der Waals surface area (Å²) in [6.45, 7) is 5.56. The fraction of sp³-hybridized carbons (Fsp3) is 0.548. The zero-order chi connectivity index (χ0) is 30.4. The first-order valence-electron chi connectivity index (χ1n) is 14.6. The van der Waals surface area contributed by atoms with Crippen LogP contribution >= 0.6 is 0 Å². The van der Waals surface area contributed by atoms with Gasteiger partial charge < -0.3 is 30.3 Å². The van der Waals surface area contributed by atoms with Gasteiger partial charge in [0.1, 0.15) is 6.10 Å². The van der Waals surface area contributed by atoms with Gasteiger partial charge in [0.25, 0.3) is 5.91 Å². The van der Waals surface area contributed by atoms with Crippen molar-refractivity contribution in [3.63, 3.8) is 0 Å². The van der Waals surface area contributed by atoms with Gasteiger partial charge in [-0.25, -0.2) is 4.79 Å². The molecule has 1 heterocycles. The van der Waals surface area contributed by atoms with Crippen molar-refractivity contribution in [2.45, 2.75) is 64.3 Å². The molecule has 3 N–H and O–H groups in total. The van der Waals surface area contributed by atoms with Crippen LogP contribution < -0.4 is 15.4 Å². The fourth-order valence-electron chi connectivity index (χ4n) is 5.78. The van der Waals surface area contributed by atoms with E-state index in [4.69, 9.17) is 4.74 Å². The van der Waals surface area contributed by atoms with Crippen LogP contribution in [0.3, 0.4) is 0 Å². The van der Waals surface area contributed by atoms with E-state index in [0.29, 0.717) is 19.0 Å². The first-order valence-corrected chi connectivity index (χ1v) is 14.6. The number of carbonyl (C=O) groups is 2. The molecule has 2 aliphatic rings. The van der Waals surface area contributed by atoms with E-state index in [1.165, 1.54) is 44.2 Å². The highest BCUT2D eigenvalue weighted by molar-refractivity contribution is 6.04. The third kappa shape index (κ3) is 7.95. The number of aliphatic hydroxyl groups is 1. The molecule has 0 radical (unpaired) electrons. The molecule has 8 nitrogen and oxygen atoms in total. The largest absolute Gasteiger partial charge is 0.486 e. The number of halogens is 3. The van der Waals surface area contributed by atoms with Crippen LogP contribution in [0.1, 0.15) is 61.9 Å². The molecule has 0 spiro atoms. The Bertz CT molecular complexity index is 1220. The number of rotatable bonds is 8. The minimum absolute atomic E-state index is 0.0843. The number of hydrogen-bond acceptors (Lipinski definition) is 5. The van der Waals surface area contributed by atoms with Gasteiger partial charge in [-0.2, -0.15) is 13.2 Å². The Balaban J connectivity index is 1.58. The lowest BCUT2D eigenvalue weighted by atomic mass is 9.89. The van der Waals surface area contributed by atoms with Gasteiger partial charge in [0.05, 0.1) is 29.5 Å². The molecular formula is C31H41F3N4O4. The minimum Gasteiger partial charge on any atom is -0.486 e. The van der Waals surface area contributed by atoms with Crippen LogP contribution in [0.2, 0.25) is 0 Å². The van der Waals surface area contributed by atoms with Gasteiger partial charge in [0.2, 0.25) is 0 Å². The number of hydrogen-bond donors (Lipinski definition) is 3. The quantitative estimate of drug-likeness (QED) is 0.347. The number of urea groups is 1. The van der Waals surface area contributed by atoms with E-state index in [0.717, 1.165) is 18.7 Å². The number of alkyl halides is 3. The van der Waals surface area contributed by atoms with E-state index < -0.39 is 23.8 Å². The van der Waals surface area contributed by atoms with E-state index >= 15 is 0 Å². The van der Waals surface area contributed by atoms with E-state index in [1.54, 1.807) is 30.0 Å². The monoisotopic (exact) mass is 590 g/mol. The number of nitrogens with one attached hydrogen (secondary N) is 2. The number of benzene rings is 2. The summed E-state index contributed by atoms with van der Waals surface area (Å²) in [5.74, 6) is 0.458. The van der Waals surface area contributed by atoms with Crippen molar-refractivity contribution in [3.05, 3.63) is 53.6 Å². The molecule has 2 aromatic carbocycles. The van der Waals surface area contributed by atoms with Crippen LogP contribution in [-0.4, -0.2) is 72.3 Å². The molecule has 1 saturated carbocycles. The number of amides is 3. The van der Waals surface area contributed by atoms with Crippen molar-refractivity contribution >= 4 is 23.3 Å². The summed E-state index contributed by atoms with van der Waals surface area (Å²) in [5.41, 5.74) is -0.124. The van der Waals surface area contributed by atoms with Crippen molar-refractivity contribution < 1.29 is 32.6 Å². The Hall–Kier alpha value is -3.31. The molecule has 42 heavy (non-hydrogen) atoms. The smallest absolute Gasteiger partial charge is 0.416 e. The number of carbonyl (C=O) groups excluding carboxylic acids is 2. The highest BCUT2D eigenvalue weighted by Crippen LogP contribution is 2.36. The zero-order valence-corrected chi connectivity index (χ0v) is 24.4. The predicted octanol–water partition coefficient (Wildman–Crippen LogP) is 6.08. The van der Waals surface area contributed by atoms with Crippen LogP contribution in [0.25, 0.3) is 0 Å². The molecule has 1 aliphatic heterocycles. The average molecular weight is 591 g/mol. The van der Waals surface area contributed by atoms with Crippen molar-refractivity contribution in [2.75, 3.05) is 43.9 Å². The average Bonchev–Trinajstić information content (AvgIpc) is 2.95. The van der Waals surface area contributed by atoms with E-state index in [2.05, 4.69) is 22.6 Å². The summed E-state index contributed by atoms with van der Waals surface area (Å²) in [6.07, 6.45) is 1.42. The lowest BCUT2D eigenvalue weighted by molar-refractivity contribution is -0.137. The lowest BCUT2D eigenvalue weighted by Gasteiger charge is -2.39. The molecule has 0 saturated heterocycles. The van der Waals surface area contributed by atoms with Crippen molar-refractivity contribution in [3.8, 4) is 5.75 Å². The predicted molar refractivity (Wildman–Crippen MR) is 156 cm³/mol. The Morgan fingerprint density at radius 1 is 1.10 bits per heavy atom. The number of ether oxygens (including phenoxy) is 1. The molecule has 0 aromatic heterocycles. The molecule has 3 amide bonds. The summed E-state index contributed by atoms with van der Waals surface area (Å²) in [5, 5.41) is 15.2. The third-order valence-electron chi connectivity index (χ3n) is 8.20. The molecule has 2 aromatic rings. The number of fused-ring (bicyclic) bond motifs is 1. The number of likely N-dealkylation sites (N-methyl/N-ethyl adjacent to an activating group) is 1. The topological polar surface area (TPSA) is 94.1 Å². The van der Waals surface area contributed by atoms with Crippen molar-refractivity contribution in [1.82, 2.24) is 9.80 Å². The second-order valence-electron chi connectivity index (χ2n) is 11.7. The Labute approximate surface area is 245 Å². The molecule has 3 atom stereocenters. The molecule has 1 fully saturated rings. The Kier molecular flexibility index (Phi) is 10.4. The van der Waals surface area contributed by atoms with Gasteiger partial charge in [-0.05, 0) is 69.1 Å². The van der Waals surface area contributed by atoms with Crippen LogP contribution in [-0.2, 0) is 6.18 Å². The molecular weight excluding hydrogens is 549 g/mol. The maximum absolute atomic E-state index is 13.7. The van der Waals surface area contributed by atoms with Crippen molar-refractivity contribution in [1.29, 1.82) is 0 Å². The number of para-hydroxylation sites is 1. The Morgan fingerprint density at radius 3 is 2.43 bits per heavy atom. The lowest BCUT2D eigenvalue weighted by Crippen LogP contribution is -2.50. The summed E-state index contributed by atoms with van der Waals surface area (Å²) in [4.78, 5) is 30.5. The molecule has 1 aliphatic carbocycles.